The molecule has 1 fully saturated rings. The SMILES string of the molecule is CCC(=O)N1CC[C@H](OCO)C1. The minimum atomic E-state index is -0.251. The van der Waals surface area contributed by atoms with Gasteiger partial charge in [0.15, 0.2) is 0 Å². The molecule has 0 radical (unpaired) electrons. The van der Waals surface area contributed by atoms with Crippen LogP contribution in [0.1, 0.15) is 19.8 Å². The molecular formula is C8H15NO3. The van der Waals surface area contributed by atoms with Gasteiger partial charge in [-0.15, -0.1) is 0 Å². The third-order valence-corrected chi connectivity index (χ3v) is 2.11. The van der Waals surface area contributed by atoms with Crippen LogP contribution in [-0.2, 0) is 9.53 Å². The van der Waals surface area contributed by atoms with Crippen LogP contribution in [0.2, 0.25) is 0 Å². The molecule has 4 nitrogen and oxygen atoms in total. The summed E-state index contributed by atoms with van der Waals surface area (Å²) in [5.74, 6) is 0.166. The molecule has 0 spiro atoms. The highest BCUT2D eigenvalue weighted by Crippen LogP contribution is 2.12. The third-order valence-electron chi connectivity index (χ3n) is 2.11. The summed E-state index contributed by atoms with van der Waals surface area (Å²) in [6, 6.07) is 0. The Morgan fingerprint density at radius 2 is 2.50 bits per heavy atom. The van der Waals surface area contributed by atoms with Crippen LogP contribution in [0.4, 0.5) is 0 Å². The number of ether oxygens (including phenoxy) is 1. The predicted octanol–water partition coefficient (Wildman–Crippen LogP) is -0.0363. The Kier molecular flexibility index (Phi) is 3.49. The quantitative estimate of drug-likeness (QED) is 0.609. The zero-order valence-electron chi connectivity index (χ0n) is 7.32. The maximum atomic E-state index is 11.2. The molecular weight excluding hydrogens is 158 g/mol. The van der Waals surface area contributed by atoms with Crippen molar-refractivity contribution in [1.29, 1.82) is 0 Å². The van der Waals surface area contributed by atoms with E-state index in [0.29, 0.717) is 13.0 Å². The van der Waals surface area contributed by atoms with E-state index in [1.54, 1.807) is 4.90 Å². The average molecular weight is 173 g/mol. The van der Waals surface area contributed by atoms with E-state index < -0.39 is 0 Å². The van der Waals surface area contributed by atoms with Crippen LogP contribution in [-0.4, -0.2) is 41.9 Å². The summed E-state index contributed by atoms with van der Waals surface area (Å²) in [5, 5.41) is 8.48. The number of aliphatic hydroxyl groups is 1. The van der Waals surface area contributed by atoms with E-state index >= 15 is 0 Å². The largest absolute Gasteiger partial charge is 0.371 e. The van der Waals surface area contributed by atoms with Gasteiger partial charge in [0, 0.05) is 19.5 Å². The van der Waals surface area contributed by atoms with Crippen molar-refractivity contribution in [2.24, 2.45) is 0 Å². The summed E-state index contributed by atoms with van der Waals surface area (Å²) in [5.41, 5.74) is 0. The van der Waals surface area contributed by atoms with Gasteiger partial charge in [0.1, 0.15) is 6.79 Å². The van der Waals surface area contributed by atoms with Gasteiger partial charge < -0.3 is 14.7 Å². The molecule has 1 atom stereocenters. The summed E-state index contributed by atoms with van der Waals surface area (Å²) >= 11 is 0. The number of carbonyl (C=O) groups is 1. The lowest BCUT2D eigenvalue weighted by molar-refractivity contribution is -0.130. The Hall–Kier alpha value is -0.610. The molecule has 1 N–H and O–H groups in total. The van der Waals surface area contributed by atoms with E-state index in [-0.39, 0.29) is 18.8 Å². The molecule has 0 aromatic rings. The number of aliphatic hydroxyl groups excluding tert-OH is 1. The topological polar surface area (TPSA) is 49.8 Å². The van der Waals surface area contributed by atoms with Gasteiger partial charge in [0.2, 0.25) is 5.91 Å². The van der Waals surface area contributed by atoms with Crippen LogP contribution in [0.25, 0.3) is 0 Å². The number of hydrogen-bond donors (Lipinski definition) is 1. The van der Waals surface area contributed by atoms with E-state index in [9.17, 15) is 4.79 Å². The van der Waals surface area contributed by atoms with Gasteiger partial charge in [0.05, 0.1) is 6.10 Å². The summed E-state index contributed by atoms with van der Waals surface area (Å²) in [6.45, 7) is 2.99. The van der Waals surface area contributed by atoms with Crippen molar-refractivity contribution < 1.29 is 14.6 Å². The Balaban J connectivity index is 2.30. The first-order chi connectivity index (χ1) is 5.77. The van der Waals surface area contributed by atoms with E-state index in [1.165, 1.54) is 0 Å². The molecule has 0 bridgehead atoms. The Morgan fingerprint density at radius 3 is 3.08 bits per heavy atom. The van der Waals surface area contributed by atoms with Crippen molar-refractivity contribution in [1.82, 2.24) is 4.90 Å². The first kappa shape index (κ1) is 9.48. The first-order valence-corrected chi connectivity index (χ1v) is 4.28. The fourth-order valence-electron chi connectivity index (χ4n) is 1.42. The monoisotopic (exact) mass is 173 g/mol. The molecule has 4 heteroatoms. The lowest BCUT2D eigenvalue weighted by atomic mass is 10.3. The second kappa shape index (κ2) is 4.42. The van der Waals surface area contributed by atoms with Gasteiger partial charge in [-0.05, 0) is 6.42 Å². The lowest BCUT2D eigenvalue weighted by Crippen LogP contribution is -2.29. The standard InChI is InChI=1S/C8H15NO3/c1-2-8(11)9-4-3-7(5-9)12-6-10/h7,10H,2-6H2,1H3/t7-/m0/s1. The highest BCUT2D eigenvalue weighted by molar-refractivity contribution is 5.76. The Bertz CT molecular complexity index is 160. The van der Waals surface area contributed by atoms with Crippen molar-refractivity contribution in [3.05, 3.63) is 0 Å². The number of rotatable bonds is 3. The molecule has 1 saturated heterocycles. The number of likely N-dealkylation sites (tertiary alicyclic amines) is 1. The van der Waals surface area contributed by atoms with Crippen molar-refractivity contribution in [2.45, 2.75) is 25.9 Å². The maximum Gasteiger partial charge on any atom is 0.222 e. The molecule has 1 rings (SSSR count). The summed E-state index contributed by atoms with van der Waals surface area (Å²) < 4.78 is 4.99. The second-order valence-corrected chi connectivity index (χ2v) is 2.90. The van der Waals surface area contributed by atoms with Crippen LogP contribution >= 0.6 is 0 Å². The zero-order chi connectivity index (χ0) is 8.97. The normalized spacial score (nSPS) is 23.2. The summed E-state index contributed by atoms with van der Waals surface area (Å²) in [6.07, 6.45) is 1.42. The van der Waals surface area contributed by atoms with Crippen LogP contribution < -0.4 is 0 Å². The minimum absolute atomic E-state index is 0.0329. The molecule has 1 aliphatic heterocycles. The number of carbonyl (C=O) groups excluding carboxylic acids is 1. The smallest absolute Gasteiger partial charge is 0.222 e. The van der Waals surface area contributed by atoms with E-state index in [0.717, 1.165) is 13.0 Å². The summed E-state index contributed by atoms with van der Waals surface area (Å²) in [4.78, 5) is 12.9. The van der Waals surface area contributed by atoms with Gasteiger partial charge >= 0.3 is 0 Å². The van der Waals surface area contributed by atoms with Crippen molar-refractivity contribution in [3.63, 3.8) is 0 Å². The molecule has 0 saturated carbocycles. The Labute approximate surface area is 72.1 Å². The molecule has 1 amide bonds. The molecule has 70 valence electrons. The van der Waals surface area contributed by atoms with Crippen molar-refractivity contribution in [2.75, 3.05) is 19.9 Å². The molecule has 1 heterocycles. The second-order valence-electron chi connectivity index (χ2n) is 2.90. The van der Waals surface area contributed by atoms with E-state index in [1.807, 2.05) is 6.92 Å². The molecule has 0 aromatic carbocycles. The molecule has 0 unspecified atom stereocenters. The Morgan fingerprint density at radius 1 is 1.75 bits per heavy atom. The van der Waals surface area contributed by atoms with Crippen LogP contribution in [0.3, 0.4) is 0 Å². The zero-order valence-corrected chi connectivity index (χ0v) is 7.32. The fraction of sp³-hybridized carbons (Fsp3) is 0.875. The molecule has 0 aromatic heterocycles. The first-order valence-electron chi connectivity index (χ1n) is 4.28. The number of nitrogens with zero attached hydrogens (tertiary/aromatic N) is 1. The predicted molar refractivity (Wildman–Crippen MR) is 43.4 cm³/mol. The third kappa shape index (κ3) is 2.19. The fourth-order valence-corrected chi connectivity index (χ4v) is 1.42. The molecule has 12 heavy (non-hydrogen) atoms. The van der Waals surface area contributed by atoms with Crippen LogP contribution in [0.15, 0.2) is 0 Å². The highest BCUT2D eigenvalue weighted by Gasteiger charge is 2.25. The highest BCUT2D eigenvalue weighted by atomic mass is 16.6. The van der Waals surface area contributed by atoms with Gasteiger partial charge in [-0.25, -0.2) is 0 Å². The van der Waals surface area contributed by atoms with Crippen molar-refractivity contribution in [3.8, 4) is 0 Å². The van der Waals surface area contributed by atoms with Crippen LogP contribution in [0.5, 0.6) is 0 Å². The van der Waals surface area contributed by atoms with Gasteiger partial charge in [-0.2, -0.15) is 0 Å². The van der Waals surface area contributed by atoms with Gasteiger partial charge in [-0.1, -0.05) is 6.92 Å². The average Bonchev–Trinajstić information content (AvgIpc) is 2.52. The molecule has 0 aliphatic carbocycles. The van der Waals surface area contributed by atoms with Gasteiger partial charge in [-0.3, -0.25) is 4.79 Å². The van der Waals surface area contributed by atoms with Crippen molar-refractivity contribution >= 4 is 5.91 Å². The maximum absolute atomic E-state index is 11.2. The van der Waals surface area contributed by atoms with Crippen LogP contribution in [0, 0.1) is 0 Å². The number of hydrogen-bond acceptors (Lipinski definition) is 3. The number of amides is 1. The lowest BCUT2D eigenvalue weighted by Gasteiger charge is -2.14. The minimum Gasteiger partial charge on any atom is -0.371 e. The van der Waals surface area contributed by atoms with E-state index in [4.69, 9.17) is 9.84 Å². The summed E-state index contributed by atoms with van der Waals surface area (Å²) in [7, 11) is 0. The van der Waals surface area contributed by atoms with E-state index in [2.05, 4.69) is 0 Å². The molecule has 1 aliphatic rings. The van der Waals surface area contributed by atoms with Gasteiger partial charge in [0.25, 0.3) is 0 Å².